The predicted molar refractivity (Wildman–Crippen MR) is 85.8 cm³/mol. The number of rotatable bonds is 1. The summed E-state index contributed by atoms with van der Waals surface area (Å²) in [6.45, 7) is 0. The number of hydrogen-bond acceptors (Lipinski definition) is 1. The van der Waals surface area contributed by atoms with E-state index in [1.165, 1.54) is 0 Å². The van der Waals surface area contributed by atoms with Crippen LogP contribution in [0.3, 0.4) is 0 Å². The van der Waals surface area contributed by atoms with Gasteiger partial charge >= 0.3 is 0 Å². The highest BCUT2D eigenvalue weighted by atomic mass is 127. The van der Waals surface area contributed by atoms with Crippen molar-refractivity contribution in [3.05, 3.63) is 68.9 Å². The van der Waals surface area contributed by atoms with Crippen LogP contribution in [0.4, 0.5) is 0 Å². The van der Waals surface area contributed by atoms with Gasteiger partial charge in [-0.25, -0.2) is 0 Å². The van der Waals surface area contributed by atoms with Gasteiger partial charge in [-0.1, -0.05) is 35.9 Å². The zero-order chi connectivity index (χ0) is 13.4. The molecule has 1 aromatic heterocycles. The molecule has 0 N–H and O–H groups in total. The van der Waals surface area contributed by atoms with Crippen molar-refractivity contribution in [1.29, 1.82) is 0 Å². The molecule has 0 amide bonds. The highest BCUT2D eigenvalue weighted by Gasteiger charge is 2.17. The van der Waals surface area contributed by atoms with Crippen molar-refractivity contribution in [3.8, 4) is 0 Å². The fourth-order valence-electron chi connectivity index (χ4n) is 2.08. The third-order valence-corrected chi connectivity index (χ3v) is 4.21. The molecule has 0 aliphatic heterocycles. The van der Waals surface area contributed by atoms with E-state index >= 15 is 0 Å². The summed E-state index contributed by atoms with van der Waals surface area (Å²) in [6, 6.07) is 15.2. The van der Waals surface area contributed by atoms with Crippen LogP contribution in [0, 0.1) is 3.57 Å². The largest absolute Gasteiger partial charge is 0.283 e. The molecule has 0 saturated carbocycles. The lowest BCUT2D eigenvalue weighted by atomic mass is 10.2. The number of fused-ring (bicyclic) bond motifs is 1. The lowest BCUT2D eigenvalue weighted by molar-refractivity contribution is 0.0964. The van der Waals surface area contributed by atoms with Crippen LogP contribution >= 0.6 is 34.2 Å². The molecule has 0 bridgehead atoms. The molecule has 0 unspecified atom stereocenters. The molecular formula is C15H9ClINO. The van der Waals surface area contributed by atoms with E-state index in [0.717, 1.165) is 14.5 Å². The lowest BCUT2D eigenvalue weighted by Crippen LogP contribution is -2.12. The number of nitrogens with zero attached hydrogens (tertiary/aromatic N) is 1. The topological polar surface area (TPSA) is 22.0 Å². The van der Waals surface area contributed by atoms with E-state index in [9.17, 15) is 4.79 Å². The van der Waals surface area contributed by atoms with Gasteiger partial charge in [-0.2, -0.15) is 0 Å². The number of hydrogen-bond donors (Lipinski definition) is 0. The molecule has 94 valence electrons. The summed E-state index contributed by atoms with van der Waals surface area (Å²) in [4.78, 5) is 12.6. The van der Waals surface area contributed by atoms with Gasteiger partial charge in [0.15, 0.2) is 0 Å². The van der Waals surface area contributed by atoms with E-state index in [0.29, 0.717) is 10.6 Å². The molecule has 0 saturated heterocycles. The zero-order valence-corrected chi connectivity index (χ0v) is 12.7. The average Bonchev–Trinajstić information content (AvgIpc) is 2.82. The Balaban J connectivity index is 2.20. The van der Waals surface area contributed by atoms with Crippen LogP contribution in [0.1, 0.15) is 10.4 Å². The number of aromatic nitrogens is 1. The molecule has 2 nitrogen and oxygen atoms in total. The van der Waals surface area contributed by atoms with Crippen molar-refractivity contribution in [2.24, 2.45) is 0 Å². The smallest absolute Gasteiger partial charge is 0.264 e. The predicted octanol–water partition coefficient (Wildman–Crippen LogP) is 4.59. The first-order valence-electron chi connectivity index (χ1n) is 5.73. The normalized spacial score (nSPS) is 10.8. The fourth-order valence-corrected chi connectivity index (χ4v) is 3.23. The second-order valence-electron chi connectivity index (χ2n) is 4.15. The van der Waals surface area contributed by atoms with Crippen LogP contribution < -0.4 is 0 Å². The molecule has 3 rings (SSSR count). The Morgan fingerprint density at radius 3 is 2.63 bits per heavy atom. The van der Waals surface area contributed by atoms with E-state index in [-0.39, 0.29) is 5.91 Å². The number of carbonyl (C=O) groups is 1. The maximum atomic E-state index is 12.6. The monoisotopic (exact) mass is 381 g/mol. The second-order valence-corrected chi connectivity index (χ2v) is 5.72. The number of halogens is 2. The first-order valence-corrected chi connectivity index (χ1v) is 7.19. The van der Waals surface area contributed by atoms with Gasteiger partial charge in [-0.05, 0) is 46.9 Å². The Kier molecular flexibility index (Phi) is 3.33. The maximum absolute atomic E-state index is 12.6. The van der Waals surface area contributed by atoms with Gasteiger partial charge in [0.25, 0.3) is 5.91 Å². The highest BCUT2D eigenvalue weighted by molar-refractivity contribution is 14.1. The van der Waals surface area contributed by atoms with Crippen LogP contribution in [0.2, 0.25) is 5.02 Å². The number of para-hydroxylation sites is 1. The molecule has 0 fully saturated rings. The van der Waals surface area contributed by atoms with Crippen molar-refractivity contribution in [2.75, 3.05) is 0 Å². The summed E-state index contributed by atoms with van der Waals surface area (Å²) < 4.78 is 2.49. The summed E-state index contributed by atoms with van der Waals surface area (Å²) in [7, 11) is 0. The minimum atomic E-state index is -0.101. The molecule has 1 heterocycles. The first-order chi connectivity index (χ1) is 9.18. The first kappa shape index (κ1) is 12.7. The molecular weight excluding hydrogens is 373 g/mol. The summed E-state index contributed by atoms with van der Waals surface area (Å²) in [5.74, 6) is -0.101. The molecule has 0 aliphatic rings. The van der Waals surface area contributed by atoms with Crippen molar-refractivity contribution in [2.45, 2.75) is 0 Å². The van der Waals surface area contributed by atoms with Gasteiger partial charge in [-0.3, -0.25) is 9.36 Å². The lowest BCUT2D eigenvalue weighted by Gasteiger charge is -2.08. The molecule has 0 aliphatic carbocycles. The minimum Gasteiger partial charge on any atom is -0.283 e. The fraction of sp³-hybridized carbons (Fsp3) is 0. The Morgan fingerprint density at radius 1 is 1.05 bits per heavy atom. The molecule has 4 heteroatoms. The van der Waals surface area contributed by atoms with E-state index in [1.807, 2.05) is 42.5 Å². The van der Waals surface area contributed by atoms with Gasteiger partial charge in [0.1, 0.15) is 0 Å². The van der Waals surface area contributed by atoms with Gasteiger partial charge in [0.05, 0.1) is 16.1 Å². The Morgan fingerprint density at radius 2 is 1.84 bits per heavy atom. The van der Waals surface area contributed by atoms with Crippen LogP contribution in [-0.4, -0.2) is 10.5 Å². The molecule has 19 heavy (non-hydrogen) atoms. The molecule has 3 aromatic rings. The minimum absolute atomic E-state index is 0.101. The Bertz CT molecular complexity index is 758. The van der Waals surface area contributed by atoms with E-state index in [2.05, 4.69) is 22.6 Å². The van der Waals surface area contributed by atoms with Gasteiger partial charge in [0, 0.05) is 15.2 Å². The van der Waals surface area contributed by atoms with Gasteiger partial charge in [0.2, 0.25) is 0 Å². The Labute approximate surface area is 129 Å². The van der Waals surface area contributed by atoms with Crippen LogP contribution in [0.5, 0.6) is 0 Å². The number of benzene rings is 2. The molecule has 2 aromatic carbocycles. The summed E-state index contributed by atoms with van der Waals surface area (Å²) in [5, 5.41) is 1.52. The Hall–Kier alpha value is -1.33. The number of carbonyl (C=O) groups excluding carboxylic acids is 1. The quantitative estimate of drug-likeness (QED) is 0.565. The van der Waals surface area contributed by atoms with Crippen molar-refractivity contribution in [3.63, 3.8) is 0 Å². The van der Waals surface area contributed by atoms with Crippen LogP contribution in [0.15, 0.2) is 54.7 Å². The van der Waals surface area contributed by atoms with Crippen LogP contribution in [0.25, 0.3) is 10.9 Å². The average molecular weight is 382 g/mol. The van der Waals surface area contributed by atoms with Gasteiger partial charge < -0.3 is 0 Å². The molecule has 0 radical (unpaired) electrons. The summed E-state index contributed by atoms with van der Waals surface area (Å²) in [5.41, 5.74) is 1.44. The third kappa shape index (κ3) is 2.17. The van der Waals surface area contributed by atoms with E-state index < -0.39 is 0 Å². The maximum Gasteiger partial charge on any atom is 0.264 e. The van der Waals surface area contributed by atoms with Gasteiger partial charge in [-0.15, -0.1) is 0 Å². The van der Waals surface area contributed by atoms with Crippen molar-refractivity contribution >= 4 is 51.0 Å². The third-order valence-electron chi connectivity index (χ3n) is 2.99. The SMILES string of the molecule is O=C(c1c(Cl)cccc1I)n1ccc2ccccc21. The standard InChI is InChI=1S/C15H9ClINO/c16-11-5-3-6-12(17)14(11)15(19)18-9-8-10-4-1-2-7-13(10)18/h1-9H. The highest BCUT2D eigenvalue weighted by Crippen LogP contribution is 2.25. The summed E-state index contributed by atoms with van der Waals surface area (Å²) >= 11 is 8.28. The van der Waals surface area contributed by atoms with Crippen molar-refractivity contribution in [1.82, 2.24) is 4.57 Å². The van der Waals surface area contributed by atoms with E-state index in [1.54, 1.807) is 16.8 Å². The zero-order valence-electron chi connectivity index (χ0n) is 9.81. The van der Waals surface area contributed by atoms with Crippen molar-refractivity contribution < 1.29 is 4.79 Å². The van der Waals surface area contributed by atoms with Crippen LogP contribution in [-0.2, 0) is 0 Å². The van der Waals surface area contributed by atoms with E-state index in [4.69, 9.17) is 11.6 Å². The second kappa shape index (κ2) is 4.98. The molecule has 0 spiro atoms. The molecule has 0 atom stereocenters. The summed E-state index contributed by atoms with van der Waals surface area (Å²) in [6.07, 6.45) is 1.78.